The highest BCUT2D eigenvalue weighted by molar-refractivity contribution is 7.10. The van der Waals surface area contributed by atoms with Gasteiger partial charge in [-0.15, -0.1) is 11.3 Å². The number of rotatable bonds is 3. The lowest BCUT2D eigenvalue weighted by Crippen LogP contribution is -2.18. The maximum absolute atomic E-state index is 6.23. The fourth-order valence-corrected chi connectivity index (χ4v) is 3.32. The molecule has 0 fully saturated rings. The minimum atomic E-state index is 0.183. The molecule has 0 saturated carbocycles. The SMILES string of the molecule is CNC(c1cccc(C)c1C)c1sccc1Cl. The molecule has 17 heavy (non-hydrogen) atoms. The Hall–Kier alpha value is -0.830. The van der Waals surface area contributed by atoms with Gasteiger partial charge in [0.25, 0.3) is 0 Å². The number of benzene rings is 1. The Morgan fingerprint density at radius 1 is 1.24 bits per heavy atom. The van der Waals surface area contributed by atoms with Gasteiger partial charge in [0, 0.05) is 4.88 Å². The zero-order valence-corrected chi connectivity index (χ0v) is 11.8. The first-order valence-corrected chi connectivity index (χ1v) is 6.87. The van der Waals surface area contributed by atoms with Gasteiger partial charge >= 0.3 is 0 Å². The summed E-state index contributed by atoms with van der Waals surface area (Å²) >= 11 is 7.92. The molecule has 0 spiro atoms. The lowest BCUT2D eigenvalue weighted by atomic mass is 9.96. The van der Waals surface area contributed by atoms with Gasteiger partial charge in [-0.05, 0) is 49.0 Å². The average molecular weight is 266 g/mol. The third kappa shape index (κ3) is 2.39. The number of thiophene rings is 1. The molecule has 0 aliphatic carbocycles. The average Bonchev–Trinajstić information content (AvgIpc) is 2.72. The maximum atomic E-state index is 6.23. The van der Waals surface area contributed by atoms with Gasteiger partial charge in [-0.3, -0.25) is 0 Å². The van der Waals surface area contributed by atoms with Gasteiger partial charge in [-0.2, -0.15) is 0 Å². The molecule has 1 unspecified atom stereocenters. The molecule has 1 N–H and O–H groups in total. The molecule has 0 saturated heterocycles. The minimum absolute atomic E-state index is 0.183. The first kappa shape index (κ1) is 12.6. The maximum Gasteiger partial charge on any atom is 0.0686 e. The van der Waals surface area contributed by atoms with E-state index in [4.69, 9.17) is 11.6 Å². The van der Waals surface area contributed by atoms with E-state index in [0.717, 1.165) is 5.02 Å². The van der Waals surface area contributed by atoms with Crippen molar-refractivity contribution in [2.75, 3.05) is 7.05 Å². The van der Waals surface area contributed by atoms with Crippen LogP contribution < -0.4 is 5.32 Å². The highest BCUT2D eigenvalue weighted by atomic mass is 35.5. The van der Waals surface area contributed by atoms with E-state index in [1.165, 1.54) is 21.6 Å². The molecular formula is C14H16ClNS. The van der Waals surface area contributed by atoms with Crippen LogP contribution in [-0.2, 0) is 0 Å². The molecule has 2 rings (SSSR count). The molecule has 1 aromatic heterocycles. The quantitative estimate of drug-likeness (QED) is 0.871. The number of aryl methyl sites for hydroxylation is 1. The molecule has 0 radical (unpaired) electrons. The van der Waals surface area contributed by atoms with Crippen molar-refractivity contribution >= 4 is 22.9 Å². The lowest BCUT2D eigenvalue weighted by Gasteiger charge is -2.19. The van der Waals surface area contributed by atoms with Crippen molar-refractivity contribution in [2.24, 2.45) is 0 Å². The Morgan fingerprint density at radius 3 is 2.59 bits per heavy atom. The Morgan fingerprint density at radius 2 is 2.00 bits per heavy atom. The van der Waals surface area contributed by atoms with Gasteiger partial charge < -0.3 is 5.32 Å². The minimum Gasteiger partial charge on any atom is -0.309 e. The molecule has 1 aromatic carbocycles. The van der Waals surface area contributed by atoms with E-state index in [1.807, 2.05) is 18.5 Å². The topological polar surface area (TPSA) is 12.0 Å². The van der Waals surface area contributed by atoms with Gasteiger partial charge in [-0.1, -0.05) is 29.8 Å². The van der Waals surface area contributed by atoms with E-state index in [1.54, 1.807) is 11.3 Å². The first-order chi connectivity index (χ1) is 8.15. The summed E-state index contributed by atoms with van der Waals surface area (Å²) in [5.41, 5.74) is 3.95. The summed E-state index contributed by atoms with van der Waals surface area (Å²) in [6.07, 6.45) is 0. The van der Waals surface area contributed by atoms with Crippen LogP contribution in [0.5, 0.6) is 0 Å². The second-order valence-electron chi connectivity index (χ2n) is 4.14. The van der Waals surface area contributed by atoms with Crippen LogP contribution in [0.15, 0.2) is 29.6 Å². The highest BCUT2D eigenvalue weighted by Crippen LogP contribution is 2.34. The molecule has 0 bridgehead atoms. The van der Waals surface area contributed by atoms with E-state index in [-0.39, 0.29) is 6.04 Å². The number of hydrogen-bond donors (Lipinski definition) is 1. The van der Waals surface area contributed by atoms with Crippen molar-refractivity contribution in [1.29, 1.82) is 0 Å². The summed E-state index contributed by atoms with van der Waals surface area (Å²) < 4.78 is 0. The molecular weight excluding hydrogens is 250 g/mol. The van der Waals surface area contributed by atoms with Crippen molar-refractivity contribution in [3.63, 3.8) is 0 Å². The lowest BCUT2D eigenvalue weighted by molar-refractivity contribution is 0.698. The fourth-order valence-electron chi connectivity index (χ4n) is 2.03. The second kappa shape index (κ2) is 5.21. The number of nitrogens with one attached hydrogen (secondary N) is 1. The van der Waals surface area contributed by atoms with Crippen molar-refractivity contribution < 1.29 is 0 Å². The molecule has 90 valence electrons. The number of halogens is 1. The second-order valence-corrected chi connectivity index (χ2v) is 5.50. The van der Waals surface area contributed by atoms with Crippen molar-refractivity contribution in [2.45, 2.75) is 19.9 Å². The summed E-state index contributed by atoms with van der Waals surface area (Å²) in [4.78, 5) is 1.18. The van der Waals surface area contributed by atoms with E-state index in [2.05, 4.69) is 37.4 Å². The molecule has 3 heteroatoms. The first-order valence-electron chi connectivity index (χ1n) is 5.61. The Balaban J connectivity index is 2.50. The zero-order chi connectivity index (χ0) is 12.4. The standard InChI is InChI=1S/C14H16ClNS/c1-9-5-4-6-11(10(9)2)13(16-3)14-12(15)7-8-17-14/h4-8,13,16H,1-3H3. The van der Waals surface area contributed by atoms with Crippen LogP contribution in [0.3, 0.4) is 0 Å². The van der Waals surface area contributed by atoms with Crippen molar-refractivity contribution in [3.8, 4) is 0 Å². The van der Waals surface area contributed by atoms with E-state index < -0.39 is 0 Å². The smallest absolute Gasteiger partial charge is 0.0686 e. The van der Waals surface area contributed by atoms with Crippen molar-refractivity contribution in [3.05, 3.63) is 56.2 Å². The Bertz CT molecular complexity index is 519. The summed E-state index contributed by atoms with van der Waals surface area (Å²) in [5.74, 6) is 0. The largest absolute Gasteiger partial charge is 0.309 e. The molecule has 0 aliphatic heterocycles. The third-order valence-corrected chi connectivity index (χ3v) is 4.58. The predicted molar refractivity (Wildman–Crippen MR) is 76.1 cm³/mol. The van der Waals surface area contributed by atoms with Crippen LogP contribution in [0.25, 0.3) is 0 Å². The monoisotopic (exact) mass is 265 g/mol. The zero-order valence-electron chi connectivity index (χ0n) is 10.3. The van der Waals surface area contributed by atoms with Crippen molar-refractivity contribution in [1.82, 2.24) is 5.32 Å². The molecule has 0 amide bonds. The normalized spacial score (nSPS) is 12.7. The molecule has 0 aliphatic rings. The Labute approximate surface area is 111 Å². The predicted octanol–water partition coefficient (Wildman–Crippen LogP) is 4.33. The summed E-state index contributed by atoms with van der Waals surface area (Å²) in [6, 6.07) is 8.55. The van der Waals surface area contributed by atoms with Crippen LogP contribution >= 0.6 is 22.9 Å². The van der Waals surface area contributed by atoms with Gasteiger partial charge in [0.05, 0.1) is 11.1 Å². The van der Waals surface area contributed by atoms with Crippen LogP contribution in [0.1, 0.15) is 27.6 Å². The van der Waals surface area contributed by atoms with Crippen LogP contribution in [0.2, 0.25) is 5.02 Å². The van der Waals surface area contributed by atoms with Gasteiger partial charge in [0.1, 0.15) is 0 Å². The van der Waals surface area contributed by atoms with Gasteiger partial charge in [0.15, 0.2) is 0 Å². The summed E-state index contributed by atoms with van der Waals surface area (Å²) in [5, 5.41) is 6.23. The molecule has 1 nitrogen and oxygen atoms in total. The van der Waals surface area contributed by atoms with E-state index >= 15 is 0 Å². The summed E-state index contributed by atoms with van der Waals surface area (Å²) in [7, 11) is 1.97. The van der Waals surface area contributed by atoms with Gasteiger partial charge in [-0.25, -0.2) is 0 Å². The van der Waals surface area contributed by atoms with Gasteiger partial charge in [0.2, 0.25) is 0 Å². The van der Waals surface area contributed by atoms with Crippen LogP contribution in [-0.4, -0.2) is 7.05 Å². The highest BCUT2D eigenvalue weighted by Gasteiger charge is 2.18. The number of hydrogen-bond acceptors (Lipinski definition) is 2. The fraction of sp³-hybridized carbons (Fsp3) is 0.286. The molecule has 2 aromatic rings. The molecule has 1 atom stereocenters. The van der Waals surface area contributed by atoms with E-state index in [0.29, 0.717) is 0 Å². The van der Waals surface area contributed by atoms with Crippen LogP contribution in [0.4, 0.5) is 0 Å². The summed E-state index contributed by atoms with van der Waals surface area (Å²) in [6.45, 7) is 4.30. The van der Waals surface area contributed by atoms with Crippen LogP contribution in [0, 0.1) is 13.8 Å². The van der Waals surface area contributed by atoms with E-state index in [9.17, 15) is 0 Å². The Kier molecular flexibility index (Phi) is 3.87. The molecule has 1 heterocycles. The third-order valence-electron chi connectivity index (χ3n) is 3.15.